The number of hydrogen-bond donors (Lipinski definition) is 0. The normalized spacial score (nSPS) is 11.4. The van der Waals surface area contributed by atoms with Gasteiger partial charge in [0.05, 0.1) is 16.7 Å². The predicted molar refractivity (Wildman–Crippen MR) is 158 cm³/mol. The number of para-hydroxylation sites is 2. The van der Waals surface area contributed by atoms with E-state index in [0.717, 1.165) is 11.4 Å². The molecule has 2 heteroatoms. The second-order valence-corrected chi connectivity index (χ2v) is 9.54. The van der Waals surface area contributed by atoms with Gasteiger partial charge >= 0.3 is 0 Å². The molecule has 1 aromatic heterocycles. The number of fused-ring (bicyclic) bond motifs is 4. The first-order valence-corrected chi connectivity index (χ1v) is 12.7. The number of anilines is 2. The lowest BCUT2D eigenvalue weighted by atomic mass is 10.0. The van der Waals surface area contributed by atoms with Gasteiger partial charge in [0.25, 0.3) is 0 Å². The standard InChI is InChI=1S/C35H26N2/c1-36(29-17-6-3-7-18-29)33-21-11-20-31-32-23-27-14-8-9-15-28(27)24-34(32)37(35(31)33)30-19-10-16-26(22-30)25-12-4-2-5-13-25/h2-24H,1H3. The van der Waals surface area contributed by atoms with Gasteiger partial charge in [-0.2, -0.15) is 0 Å². The number of aromatic nitrogens is 1. The van der Waals surface area contributed by atoms with Gasteiger partial charge in [-0.05, 0) is 64.4 Å². The topological polar surface area (TPSA) is 8.17 Å². The molecule has 0 atom stereocenters. The van der Waals surface area contributed by atoms with Crippen molar-refractivity contribution in [2.75, 3.05) is 11.9 Å². The molecule has 37 heavy (non-hydrogen) atoms. The van der Waals surface area contributed by atoms with E-state index < -0.39 is 0 Å². The molecule has 0 aliphatic heterocycles. The molecule has 7 aromatic rings. The zero-order chi connectivity index (χ0) is 24.8. The van der Waals surface area contributed by atoms with Crippen LogP contribution in [0.5, 0.6) is 0 Å². The van der Waals surface area contributed by atoms with Crippen molar-refractivity contribution in [2.24, 2.45) is 0 Å². The number of nitrogens with zero attached hydrogens (tertiary/aromatic N) is 2. The first-order chi connectivity index (χ1) is 18.3. The molecule has 6 aromatic carbocycles. The third-order valence-electron chi connectivity index (χ3n) is 7.35. The van der Waals surface area contributed by atoms with Crippen LogP contribution in [0.1, 0.15) is 0 Å². The molecule has 0 spiro atoms. The first-order valence-electron chi connectivity index (χ1n) is 12.7. The number of hydrogen-bond acceptors (Lipinski definition) is 1. The van der Waals surface area contributed by atoms with E-state index in [4.69, 9.17) is 0 Å². The lowest BCUT2D eigenvalue weighted by Crippen LogP contribution is -2.11. The Morgan fingerprint density at radius 1 is 0.514 bits per heavy atom. The maximum absolute atomic E-state index is 2.44. The number of rotatable bonds is 4. The fraction of sp³-hybridized carbons (Fsp3) is 0.0286. The van der Waals surface area contributed by atoms with Crippen molar-refractivity contribution in [3.05, 3.63) is 140 Å². The largest absolute Gasteiger partial charge is 0.343 e. The first kappa shape index (κ1) is 21.5. The Hall–Kier alpha value is -4.82. The van der Waals surface area contributed by atoms with E-state index in [2.05, 4.69) is 156 Å². The summed E-state index contributed by atoms with van der Waals surface area (Å²) in [5, 5.41) is 5.03. The van der Waals surface area contributed by atoms with Crippen LogP contribution in [0.25, 0.3) is 49.4 Å². The molecule has 0 saturated heterocycles. The van der Waals surface area contributed by atoms with Gasteiger partial charge in [-0.3, -0.25) is 0 Å². The van der Waals surface area contributed by atoms with Crippen LogP contribution >= 0.6 is 0 Å². The van der Waals surface area contributed by atoms with Gasteiger partial charge in [0.1, 0.15) is 0 Å². The molecule has 0 radical (unpaired) electrons. The Balaban J connectivity index is 1.58. The van der Waals surface area contributed by atoms with Crippen molar-refractivity contribution < 1.29 is 0 Å². The molecule has 2 nitrogen and oxygen atoms in total. The van der Waals surface area contributed by atoms with E-state index in [0.29, 0.717) is 0 Å². The summed E-state index contributed by atoms with van der Waals surface area (Å²) in [5.74, 6) is 0. The minimum Gasteiger partial charge on any atom is -0.343 e. The van der Waals surface area contributed by atoms with Crippen LogP contribution in [0.2, 0.25) is 0 Å². The monoisotopic (exact) mass is 474 g/mol. The maximum Gasteiger partial charge on any atom is 0.0778 e. The van der Waals surface area contributed by atoms with E-state index in [9.17, 15) is 0 Å². The molecular weight excluding hydrogens is 448 g/mol. The molecule has 0 N–H and O–H groups in total. The third-order valence-corrected chi connectivity index (χ3v) is 7.35. The highest BCUT2D eigenvalue weighted by Gasteiger charge is 2.19. The Morgan fingerprint density at radius 3 is 1.95 bits per heavy atom. The second kappa shape index (κ2) is 8.69. The van der Waals surface area contributed by atoms with Gasteiger partial charge in [-0.25, -0.2) is 0 Å². The highest BCUT2D eigenvalue weighted by atomic mass is 15.1. The molecular formula is C35H26N2. The Morgan fingerprint density at radius 2 is 1.16 bits per heavy atom. The summed E-state index contributed by atoms with van der Waals surface area (Å²) in [6, 6.07) is 50.1. The summed E-state index contributed by atoms with van der Waals surface area (Å²) in [7, 11) is 2.16. The summed E-state index contributed by atoms with van der Waals surface area (Å²) >= 11 is 0. The third kappa shape index (κ3) is 3.57. The van der Waals surface area contributed by atoms with Gasteiger partial charge in [-0.15, -0.1) is 0 Å². The van der Waals surface area contributed by atoms with E-state index in [1.54, 1.807) is 0 Å². The van der Waals surface area contributed by atoms with Gasteiger partial charge in [-0.1, -0.05) is 97.1 Å². The van der Waals surface area contributed by atoms with Gasteiger partial charge in [0, 0.05) is 29.2 Å². The highest BCUT2D eigenvalue weighted by Crippen LogP contribution is 2.41. The zero-order valence-electron chi connectivity index (χ0n) is 20.7. The molecule has 0 amide bonds. The Bertz CT molecular complexity index is 1880. The van der Waals surface area contributed by atoms with Crippen LogP contribution in [0, 0.1) is 0 Å². The molecule has 0 saturated carbocycles. The smallest absolute Gasteiger partial charge is 0.0778 e. The average Bonchev–Trinajstić information content (AvgIpc) is 3.30. The van der Waals surface area contributed by atoms with Crippen molar-refractivity contribution >= 4 is 44.0 Å². The van der Waals surface area contributed by atoms with Crippen molar-refractivity contribution in [3.63, 3.8) is 0 Å². The van der Waals surface area contributed by atoms with Crippen LogP contribution in [-0.4, -0.2) is 11.6 Å². The van der Waals surface area contributed by atoms with Crippen molar-refractivity contribution in [1.82, 2.24) is 4.57 Å². The zero-order valence-corrected chi connectivity index (χ0v) is 20.7. The molecule has 7 rings (SSSR count). The summed E-state index contributed by atoms with van der Waals surface area (Å²) in [6.07, 6.45) is 0. The van der Waals surface area contributed by atoms with E-state index >= 15 is 0 Å². The quantitative estimate of drug-likeness (QED) is 0.247. The average molecular weight is 475 g/mol. The van der Waals surface area contributed by atoms with Crippen LogP contribution < -0.4 is 4.90 Å². The van der Waals surface area contributed by atoms with Crippen LogP contribution in [-0.2, 0) is 0 Å². The summed E-state index contributed by atoms with van der Waals surface area (Å²) < 4.78 is 2.44. The fourth-order valence-corrected chi connectivity index (χ4v) is 5.52. The molecule has 176 valence electrons. The molecule has 0 aliphatic rings. The Labute approximate surface area is 216 Å². The molecule has 0 bridgehead atoms. The molecule has 0 aliphatic carbocycles. The number of benzene rings is 6. The van der Waals surface area contributed by atoms with Crippen LogP contribution in [0.15, 0.2) is 140 Å². The molecule has 1 heterocycles. The molecule has 0 fully saturated rings. The summed E-state index contributed by atoms with van der Waals surface area (Å²) in [5.41, 5.74) is 8.35. The summed E-state index contributed by atoms with van der Waals surface area (Å²) in [6.45, 7) is 0. The Kier molecular flexibility index (Phi) is 5.04. The van der Waals surface area contributed by atoms with Crippen molar-refractivity contribution in [3.8, 4) is 16.8 Å². The maximum atomic E-state index is 2.44. The lowest BCUT2D eigenvalue weighted by molar-refractivity contribution is 1.15. The predicted octanol–water partition coefficient (Wildman–Crippen LogP) is 9.37. The van der Waals surface area contributed by atoms with Crippen LogP contribution in [0.3, 0.4) is 0 Å². The lowest BCUT2D eigenvalue weighted by Gasteiger charge is -2.22. The van der Waals surface area contributed by atoms with Crippen LogP contribution in [0.4, 0.5) is 11.4 Å². The minimum atomic E-state index is 1.16. The summed E-state index contributed by atoms with van der Waals surface area (Å²) in [4.78, 5) is 2.29. The van der Waals surface area contributed by atoms with E-state index in [-0.39, 0.29) is 0 Å². The molecule has 0 unspecified atom stereocenters. The minimum absolute atomic E-state index is 1.16. The van der Waals surface area contributed by atoms with E-state index in [1.807, 2.05) is 0 Å². The fourth-order valence-electron chi connectivity index (χ4n) is 5.52. The van der Waals surface area contributed by atoms with Crippen molar-refractivity contribution in [1.29, 1.82) is 0 Å². The van der Waals surface area contributed by atoms with Gasteiger partial charge in [0.15, 0.2) is 0 Å². The van der Waals surface area contributed by atoms with E-state index in [1.165, 1.54) is 49.4 Å². The SMILES string of the molecule is CN(c1ccccc1)c1cccc2c3cc4ccccc4cc3n(-c3cccc(-c4ccccc4)c3)c12. The van der Waals surface area contributed by atoms with Gasteiger partial charge < -0.3 is 9.47 Å². The van der Waals surface area contributed by atoms with Gasteiger partial charge in [0.2, 0.25) is 0 Å². The van der Waals surface area contributed by atoms with Crippen molar-refractivity contribution in [2.45, 2.75) is 0 Å². The second-order valence-electron chi connectivity index (χ2n) is 9.54. The highest BCUT2D eigenvalue weighted by molar-refractivity contribution is 6.16.